The molecule has 0 spiro atoms. The molecule has 0 aromatic rings. The Balaban J connectivity index is 4.29. The molecule has 5 heteroatoms. The number of ether oxygens (including phenoxy) is 3. The monoisotopic (exact) mass is 895 g/mol. The third kappa shape index (κ3) is 52.2. The van der Waals surface area contributed by atoms with Gasteiger partial charge in [-0.3, -0.25) is 9.59 Å². The van der Waals surface area contributed by atoms with E-state index < -0.39 is 6.10 Å². The van der Waals surface area contributed by atoms with Gasteiger partial charge in [-0.05, 0) is 103 Å². The Morgan fingerprint density at radius 2 is 0.703 bits per heavy atom. The Morgan fingerprint density at radius 3 is 1.14 bits per heavy atom. The van der Waals surface area contributed by atoms with E-state index in [2.05, 4.69) is 81.5 Å². The van der Waals surface area contributed by atoms with Crippen molar-refractivity contribution in [1.29, 1.82) is 0 Å². The number of hydrogen-bond donors (Lipinski definition) is 0. The van der Waals surface area contributed by atoms with Crippen LogP contribution in [0.3, 0.4) is 0 Å². The molecule has 0 fully saturated rings. The lowest BCUT2D eigenvalue weighted by Crippen LogP contribution is -2.30. The van der Waals surface area contributed by atoms with Crippen molar-refractivity contribution in [2.75, 3.05) is 19.8 Å². The fourth-order valence-corrected chi connectivity index (χ4v) is 7.87. The molecule has 1 atom stereocenters. The molecule has 0 saturated heterocycles. The molecular weight excluding hydrogens is 789 g/mol. The highest BCUT2D eigenvalue weighted by Gasteiger charge is 2.17. The molecule has 0 aliphatic heterocycles. The Morgan fingerprint density at radius 1 is 0.359 bits per heavy atom. The molecule has 1 unspecified atom stereocenters. The summed E-state index contributed by atoms with van der Waals surface area (Å²) >= 11 is 0. The smallest absolute Gasteiger partial charge is 0.306 e. The van der Waals surface area contributed by atoms with Crippen LogP contribution in [0.5, 0.6) is 0 Å². The zero-order valence-corrected chi connectivity index (χ0v) is 42.8. The second-order valence-electron chi connectivity index (χ2n) is 18.4. The van der Waals surface area contributed by atoms with Gasteiger partial charge in [0.25, 0.3) is 0 Å². The van der Waals surface area contributed by atoms with Crippen LogP contribution in [-0.4, -0.2) is 37.9 Å². The lowest BCUT2D eigenvalue weighted by atomic mass is 10.1. The average molecular weight is 895 g/mol. The van der Waals surface area contributed by atoms with E-state index in [4.69, 9.17) is 14.2 Å². The number of carbonyl (C=O) groups is 2. The number of esters is 2. The zero-order valence-electron chi connectivity index (χ0n) is 42.8. The summed E-state index contributed by atoms with van der Waals surface area (Å²) in [6, 6.07) is 0. The topological polar surface area (TPSA) is 61.8 Å². The Kier molecular flexibility index (Phi) is 52.9. The minimum Gasteiger partial charge on any atom is -0.462 e. The first-order chi connectivity index (χ1) is 31.6. The summed E-state index contributed by atoms with van der Waals surface area (Å²) in [4.78, 5) is 25.5. The van der Waals surface area contributed by atoms with Gasteiger partial charge >= 0.3 is 11.9 Å². The van der Waals surface area contributed by atoms with E-state index in [9.17, 15) is 9.59 Å². The van der Waals surface area contributed by atoms with Crippen molar-refractivity contribution in [2.45, 2.75) is 284 Å². The van der Waals surface area contributed by atoms with Gasteiger partial charge < -0.3 is 14.2 Å². The van der Waals surface area contributed by atoms with Crippen LogP contribution >= 0.6 is 0 Å². The van der Waals surface area contributed by atoms with Gasteiger partial charge in [0.2, 0.25) is 0 Å². The maximum Gasteiger partial charge on any atom is 0.306 e. The van der Waals surface area contributed by atoms with Gasteiger partial charge in [-0.2, -0.15) is 0 Å². The van der Waals surface area contributed by atoms with Crippen LogP contribution in [0.25, 0.3) is 0 Å². The van der Waals surface area contributed by atoms with Crippen LogP contribution < -0.4 is 0 Å². The van der Waals surface area contributed by atoms with Crippen molar-refractivity contribution in [3.63, 3.8) is 0 Å². The van der Waals surface area contributed by atoms with Gasteiger partial charge in [0.05, 0.1) is 6.61 Å². The minimum atomic E-state index is -0.548. The molecule has 0 bridgehead atoms. The number of allylic oxidation sites excluding steroid dienone is 10. The Labute approximate surface area is 398 Å². The van der Waals surface area contributed by atoms with Crippen molar-refractivity contribution in [1.82, 2.24) is 0 Å². The van der Waals surface area contributed by atoms with E-state index in [1.54, 1.807) is 0 Å². The lowest BCUT2D eigenvalue weighted by Gasteiger charge is -2.18. The first-order valence-corrected chi connectivity index (χ1v) is 27.8. The number of hydrogen-bond acceptors (Lipinski definition) is 5. The SMILES string of the molecule is CC/C=C\C/C=C\C/C=C\CCCCCCCCCCOCC(COC(=O)CCCCCCC/C=C\CCCCCCCC)OC(=O)CCCCCCC/C=C\CCCCCCCC. The summed E-state index contributed by atoms with van der Waals surface area (Å²) in [5, 5.41) is 0. The van der Waals surface area contributed by atoms with Crippen molar-refractivity contribution >= 4 is 11.9 Å². The number of rotatable bonds is 51. The fourth-order valence-electron chi connectivity index (χ4n) is 7.87. The summed E-state index contributed by atoms with van der Waals surface area (Å²) < 4.78 is 17.4. The predicted molar refractivity (Wildman–Crippen MR) is 279 cm³/mol. The van der Waals surface area contributed by atoms with E-state index in [1.165, 1.54) is 161 Å². The molecule has 0 aliphatic rings. The third-order valence-electron chi connectivity index (χ3n) is 12.0. The maximum atomic E-state index is 12.8. The molecule has 0 amide bonds. The molecule has 0 aromatic carbocycles. The van der Waals surface area contributed by atoms with Gasteiger partial charge in [0, 0.05) is 19.4 Å². The quantitative estimate of drug-likeness (QED) is 0.0346. The van der Waals surface area contributed by atoms with E-state index >= 15 is 0 Å². The second-order valence-corrected chi connectivity index (χ2v) is 18.4. The largest absolute Gasteiger partial charge is 0.462 e. The number of unbranched alkanes of at least 4 members (excludes halogenated alkanes) is 30. The molecule has 64 heavy (non-hydrogen) atoms. The van der Waals surface area contributed by atoms with Gasteiger partial charge in [0.15, 0.2) is 6.10 Å². The normalized spacial score (nSPS) is 12.6. The second kappa shape index (κ2) is 54.9. The molecule has 0 saturated carbocycles. The summed E-state index contributed by atoms with van der Waals surface area (Å²) in [6.07, 6.45) is 69.5. The molecule has 372 valence electrons. The predicted octanol–water partition coefficient (Wildman–Crippen LogP) is 18.9. The standard InChI is InChI=1S/C59H106O5/c1-4-7-10-13-16-19-22-25-28-29-30-33-36-39-42-45-48-51-54-62-55-57(64-59(61)53-50-47-44-41-38-35-32-27-24-21-18-15-12-9-6-3)56-63-58(60)52-49-46-43-40-37-34-31-26-23-20-17-14-11-8-5-2/h7,10,16,19,25-28,31-32,57H,4-6,8-9,11-15,17-18,20-24,29-30,33-56H2,1-3H3/b10-7-,19-16-,28-25-,31-26-,32-27-. The highest BCUT2D eigenvalue weighted by atomic mass is 16.6. The van der Waals surface area contributed by atoms with Crippen LogP contribution in [0.2, 0.25) is 0 Å². The van der Waals surface area contributed by atoms with Crippen molar-refractivity contribution in [2.24, 2.45) is 0 Å². The van der Waals surface area contributed by atoms with Crippen LogP contribution in [-0.2, 0) is 23.8 Å². The summed E-state index contributed by atoms with van der Waals surface area (Å²) in [5.41, 5.74) is 0. The van der Waals surface area contributed by atoms with Gasteiger partial charge in [-0.15, -0.1) is 0 Å². The molecule has 0 rings (SSSR count). The summed E-state index contributed by atoms with van der Waals surface area (Å²) in [7, 11) is 0. The van der Waals surface area contributed by atoms with E-state index in [0.717, 1.165) is 83.5 Å². The highest BCUT2D eigenvalue weighted by Crippen LogP contribution is 2.14. The maximum absolute atomic E-state index is 12.8. The van der Waals surface area contributed by atoms with E-state index in [-0.39, 0.29) is 25.2 Å². The van der Waals surface area contributed by atoms with E-state index in [0.29, 0.717) is 19.4 Å². The molecule has 0 N–H and O–H groups in total. The molecule has 0 radical (unpaired) electrons. The molecule has 5 nitrogen and oxygen atoms in total. The first-order valence-electron chi connectivity index (χ1n) is 27.8. The average Bonchev–Trinajstić information content (AvgIpc) is 3.30. The molecular formula is C59H106O5. The number of carbonyl (C=O) groups excluding carboxylic acids is 2. The summed E-state index contributed by atoms with van der Waals surface area (Å²) in [6.45, 7) is 7.71. The van der Waals surface area contributed by atoms with Crippen molar-refractivity contribution in [3.05, 3.63) is 60.8 Å². The molecule has 0 aromatic heterocycles. The first kappa shape index (κ1) is 61.6. The Bertz CT molecular complexity index is 1100. The van der Waals surface area contributed by atoms with Crippen molar-refractivity contribution < 1.29 is 23.8 Å². The fraction of sp³-hybridized carbons (Fsp3) is 0.797. The third-order valence-corrected chi connectivity index (χ3v) is 12.0. The Hall–Kier alpha value is -2.40. The highest BCUT2D eigenvalue weighted by molar-refractivity contribution is 5.70. The van der Waals surface area contributed by atoms with E-state index in [1.807, 2.05) is 0 Å². The van der Waals surface area contributed by atoms with Crippen LogP contribution in [0.1, 0.15) is 278 Å². The van der Waals surface area contributed by atoms with Crippen LogP contribution in [0.4, 0.5) is 0 Å². The summed E-state index contributed by atoms with van der Waals surface area (Å²) in [5.74, 6) is -0.412. The van der Waals surface area contributed by atoms with Gasteiger partial charge in [-0.25, -0.2) is 0 Å². The zero-order chi connectivity index (χ0) is 46.3. The minimum absolute atomic E-state index is 0.0752. The van der Waals surface area contributed by atoms with Gasteiger partial charge in [-0.1, -0.05) is 223 Å². The molecule has 0 heterocycles. The van der Waals surface area contributed by atoms with Crippen LogP contribution in [0.15, 0.2) is 60.8 Å². The lowest BCUT2D eigenvalue weighted by molar-refractivity contribution is -0.163. The molecule has 0 aliphatic carbocycles. The van der Waals surface area contributed by atoms with Crippen LogP contribution in [0, 0.1) is 0 Å². The van der Waals surface area contributed by atoms with Crippen molar-refractivity contribution in [3.8, 4) is 0 Å². The van der Waals surface area contributed by atoms with Gasteiger partial charge in [0.1, 0.15) is 6.61 Å².